The third-order valence-electron chi connectivity index (χ3n) is 8.35. The molecule has 0 unspecified atom stereocenters. The summed E-state index contributed by atoms with van der Waals surface area (Å²) in [7, 11) is -9.28. The minimum atomic E-state index is -4.64. The largest absolute Gasteiger partial charge is 0.466 e. The predicted molar refractivity (Wildman–Crippen MR) is 167 cm³/mol. The molecule has 0 spiro atoms. The zero-order chi connectivity index (χ0) is 29.3. The van der Waals surface area contributed by atoms with Crippen LogP contribution in [0.4, 0.5) is 0 Å². The first kappa shape index (κ1) is 48.6. The van der Waals surface area contributed by atoms with Gasteiger partial charge in [-0.25, -0.2) is 9.13 Å². The summed E-state index contributed by atoms with van der Waals surface area (Å²) in [6.45, 7) is 14.1. The Balaban J connectivity index is -0.000000961. The van der Waals surface area contributed by atoms with Crippen LogP contribution in [0.3, 0.4) is 0 Å². The minimum Gasteiger partial charge on any atom is -0.393 e. The summed E-state index contributed by atoms with van der Waals surface area (Å²) >= 11 is 0. The number of hydrogen-bond donors (Lipinski definition) is 7. The molecule has 0 aromatic heterocycles. The van der Waals surface area contributed by atoms with Gasteiger partial charge in [-0.2, -0.15) is 0 Å². The minimum absolute atomic E-state index is 0. The van der Waals surface area contributed by atoms with Gasteiger partial charge in [0.2, 0.25) is 0 Å². The van der Waals surface area contributed by atoms with Crippen LogP contribution >= 0.6 is 15.6 Å². The first-order chi connectivity index (χ1) is 17.3. The Labute approximate surface area is 336 Å². The molecule has 14 heteroatoms. The maximum atomic E-state index is 10.0. The first-order valence-corrected chi connectivity index (χ1v) is 16.8. The maximum absolute atomic E-state index is 10.0. The quantitative estimate of drug-likeness (QED) is 0.154. The van der Waals surface area contributed by atoms with E-state index in [0.29, 0.717) is 5.41 Å². The summed E-state index contributed by atoms with van der Waals surface area (Å²) in [4.78, 5) is 43.1. The molecule has 3 aliphatic carbocycles. The molecule has 3 rings (SSSR count). The van der Waals surface area contributed by atoms with E-state index in [-0.39, 0.29) is 119 Å². The Hall–Kier alpha value is 3.18. The number of rotatable bonds is 6. The van der Waals surface area contributed by atoms with Crippen molar-refractivity contribution in [2.24, 2.45) is 29.1 Å². The van der Waals surface area contributed by atoms with E-state index >= 15 is 0 Å². The summed E-state index contributed by atoms with van der Waals surface area (Å²) < 4.78 is 17.8. The van der Waals surface area contributed by atoms with Crippen LogP contribution in [0.25, 0.3) is 0 Å². The van der Waals surface area contributed by atoms with E-state index in [2.05, 4.69) is 46.4 Å². The molecule has 7 N–H and O–H groups in total. The molecule has 228 valence electrons. The monoisotopic (exact) mass is 700 g/mol. The van der Waals surface area contributed by atoms with Crippen LogP contribution in [0.1, 0.15) is 98.3 Å². The molecule has 0 aliphatic heterocycles. The molecule has 3 saturated carbocycles. The normalized spacial score (nSPS) is 28.6. The van der Waals surface area contributed by atoms with E-state index in [1.807, 2.05) is 0 Å². The van der Waals surface area contributed by atoms with Gasteiger partial charge in [-0.1, -0.05) is 76.8 Å². The van der Waals surface area contributed by atoms with Crippen LogP contribution in [0.15, 0.2) is 35.5 Å². The second-order valence-corrected chi connectivity index (χ2v) is 13.9. The van der Waals surface area contributed by atoms with Gasteiger partial charge in [0.05, 0.1) is 6.10 Å². The van der Waals surface area contributed by atoms with E-state index in [1.54, 1.807) is 5.57 Å². The average Bonchev–Trinajstić information content (AvgIpc) is 3.09. The fourth-order valence-corrected chi connectivity index (χ4v) is 6.66. The molecule has 9 nitrogen and oxygen atoms in total. The molecule has 5 atom stereocenters. The summed E-state index contributed by atoms with van der Waals surface area (Å²) in [5.41, 5.74) is 4.72. The molecule has 0 heterocycles. The Bertz CT molecular complexity index is 896. The van der Waals surface area contributed by atoms with Crippen LogP contribution in [0.2, 0.25) is 0 Å². The Kier molecular flexibility index (Phi) is 26.9. The molecular weight excluding hydrogens is 650 g/mol. The van der Waals surface area contributed by atoms with Gasteiger partial charge >= 0.3 is 15.6 Å². The van der Waals surface area contributed by atoms with Crippen molar-refractivity contribution < 1.29 is 43.6 Å². The van der Waals surface area contributed by atoms with Crippen molar-refractivity contribution in [2.45, 2.75) is 104 Å². The third-order valence-corrected chi connectivity index (χ3v) is 8.35. The second-order valence-electron chi connectivity index (χ2n) is 11.9. The number of allylic oxidation sites excluding steroid dienone is 4. The topological polar surface area (TPSA) is 176 Å². The van der Waals surface area contributed by atoms with Crippen LogP contribution in [-0.2, 0) is 9.13 Å². The number of fused-ring (bicyclic) bond motifs is 1. The summed E-state index contributed by atoms with van der Waals surface area (Å²) in [5, 5.41) is 10.0. The van der Waals surface area contributed by atoms with Gasteiger partial charge in [0.25, 0.3) is 0 Å². The second kappa shape index (κ2) is 22.7. The maximum Gasteiger partial charge on any atom is 0.466 e. The predicted octanol–water partition coefficient (Wildman–Crippen LogP) is 4.62. The van der Waals surface area contributed by atoms with E-state index in [4.69, 9.17) is 38.5 Å². The van der Waals surface area contributed by atoms with Gasteiger partial charge in [0.15, 0.2) is 0 Å². The fraction of sp³-hybridized carbons (Fsp3) is 0.778. The number of phosphoric acid groups is 2. The fourth-order valence-electron chi connectivity index (χ4n) is 6.66. The van der Waals surface area contributed by atoms with E-state index in [9.17, 15) is 5.11 Å². The molecule has 3 aliphatic rings. The summed E-state index contributed by atoms with van der Waals surface area (Å²) in [6.07, 6.45) is 18.2. The van der Waals surface area contributed by atoms with Gasteiger partial charge in [-0.3, -0.25) is 0 Å². The Morgan fingerprint density at radius 1 is 0.902 bits per heavy atom. The molecule has 0 saturated heterocycles. The smallest absolute Gasteiger partial charge is 0.393 e. The molecule has 0 aromatic carbocycles. The van der Waals surface area contributed by atoms with E-state index in [1.165, 1.54) is 62.5 Å². The van der Waals surface area contributed by atoms with Crippen LogP contribution in [0, 0.1) is 29.1 Å². The van der Waals surface area contributed by atoms with E-state index in [0.717, 1.165) is 42.9 Å². The van der Waals surface area contributed by atoms with Gasteiger partial charge in [-0.05, 0) is 86.0 Å². The van der Waals surface area contributed by atoms with Gasteiger partial charge in [0.1, 0.15) is 0 Å². The third kappa shape index (κ3) is 20.9. The van der Waals surface area contributed by atoms with Crippen LogP contribution in [0.5, 0.6) is 0 Å². The van der Waals surface area contributed by atoms with Crippen molar-refractivity contribution in [3.05, 3.63) is 35.5 Å². The van der Waals surface area contributed by atoms with Crippen LogP contribution < -0.4 is 0 Å². The molecule has 0 aromatic rings. The first-order valence-electron chi connectivity index (χ1n) is 13.6. The summed E-state index contributed by atoms with van der Waals surface area (Å²) in [5.74, 6) is 3.37. The summed E-state index contributed by atoms with van der Waals surface area (Å²) in [6, 6.07) is 0. The standard InChI is InChI=1S/C27H44O.3Ca.2H3O4P/c1-19(2)8-6-9-21(4)25-15-16-26-22(10-7-17-27(25,26)5)12-13-23-18-24(28)14-11-20(23)3;;;;2*1-5(2,3)4/h12-13,19,21,24-26,28H,3,6-11,14-18H2,1-2,4-5H3;;;;2*(H3,1,2,3,4)/b22-12+,23-13-;;;;;/t21-,24+,25-,26+,27-;;;;;/m1...../s1. The number of hydrogen-bond acceptors (Lipinski definition) is 3. The van der Waals surface area contributed by atoms with E-state index < -0.39 is 15.6 Å². The van der Waals surface area contributed by atoms with Crippen molar-refractivity contribution in [3.63, 3.8) is 0 Å². The van der Waals surface area contributed by atoms with Crippen molar-refractivity contribution in [2.75, 3.05) is 0 Å². The molecule has 0 amide bonds. The number of aliphatic hydroxyl groups is 1. The average molecular weight is 701 g/mol. The zero-order valence-electron chi connectivity index (χ0n) is 25.5. The van der Waals surface area contributed by atoms with Crippen LogP contribution in [-0.4, -0.2) is 154 Å². The van der Waals surface area contributed by atoms with Crippen molar-refractivity contribution in [3.8, 4) is 0 Å². The molecule has 6 radical (unpaired) electrons. The molecule has 0 bridgehead atoms. The Morgan fingerprint density at radius 2 is 1.44 bits per heavy atom. The number of aliphatic hydroxyl groups excluding tert-OH is 1. The SMILES string of the molecule is C=C1CC[C@H](O)C/C1=C/C=C1\CCC[C@]2(C)[C@@H]([C@H](C)CCCC(C)C)CC[C@@H]12.O=P(O)(O)O.O=P(O)(O)O.[Ca].[Ca].[Ca]. The molecular formula is C27H50Ca3O9P2. The van der Waals surface area contributed by atoms with Gasteiger partial charge in [-0.15, -0.1) is 0 Å². The van der Waals surface area contributed by atoms with Crippen molar-refractivity contribution >= 4 is 129 Å². The van der Waals surface area contributed by atoms with Crippen molar-refractivity contribution in [1.82, 2.24) is 0 Å². The Morgan fingerprint density at radius 3 is 1.95 bits per heavy atom. The van der Waals surface area contributed by atoms with Crippen molar-refractivity contribution in [1.29, 1.82) is 0 Å². The molecule has 3 fully saturated rings. The van der Waals surface area contributed by atoms with Gasteiger partial charge < -0.3 is 34.5 Å². The zero-order valence-corrected chi connectivity index (χ0v) is 33.9. The van der Waals surface area contributed by atoms with Gasteiger partial charge in [0, 0.05) is 113 Å². The molecule has 41 heavy (non-hydrogen) atoms.